The second kappa shape index (κ2) is 7.55. The summed E-state index contributed by atoms with van der Waals surface area (Å²) in [4.78, 5) is 14.9. The lowest BCUT2D eigenvalue weighted by Gasteiger charge is -2.34. The Morgan fingerprint density at radius 3 is 2.93 bits per heavy atom. The fourth-order valence-corrected chi connectivity index (χ4v) is 5.34. The number of fused-ring (bicyclic) bond motifs is 1. The first kappa shape index (κ1) is 19.7. The molecule has 1 amide bonds. The van der Waals surface area contributed by atoms with Crippen LogP contribution < -0.4 is 14.8 Å². The molecule has 2 aromatic rings. The normalized spacial score (nSPS) is 19.4. The summed E-state index contributed by atoms with van der Waals surface area (Å²) in [6.07, 6.45) is 3.18. The molecular formula is C17H21N3O5S2. The minimum atomic E-state index is -3.86. The van der Waals surface area contributed by atoms with Crippen molar-refractivity contribution in [2.45, 2.75) is 36.0 Å². The highest BCUT2D eigenvalue weighted by Gasteiger charge is 2.36. The minimum Gasteiger partial charge on any atom is -0.497 e. The summed E-state index contributed by atoms with van der Waals surface area (Å²) in [6.45, 7) is 1.17. The number of hydrogen-bond acceptors (Lipinski definition) is 7. The number of aliphatic hydroxyl groups is 1. The molecular weight excluding hydrogens is 390 g/mol. The molecule has 1 heterocycles. The van der Waals surface area contributed by atoms with Gasteiger partial charge in [-0.25, -0.2) is 18.1 Å². The molecule has 0 bridgehead atoms. The highest BCUT2D eigenvalue weighted by atomic mass is 32.2. The monoisotopic (exact) mass is 411 g/mol. The molecule has 0 spiro atoms. The third-order valence-corrected chi connectivity index (χ3v) is 7.21. The van der Waals surface area contributed by atoms with Crippen LogP contribution in [-0.2, 0) is 26.8 Å². The molecule has 3 N–H and O–H groups in total. The first-order chi connectivity index (χ1) is 12.7. The average molecular weight is 412 g/mol. The van der Waals surface area contributed by atoms with Crippen LogP contribution >= 0.6 is 11.3 Å². The summed E-state index contributed by atoms with van der Waals surface area (Å²) < 4.78 is 32.8. The zero-order chi connectivity index (χ0) is 19.7. The number of aromatic nitrogens is 1. The van der Waals surface area contributed by atoms with Gasteiger partial charge < -0.3 is 15.2 Å². The van der Waals surface area contributed by atoms with Gasteiger partial charge in [-0.1, -0.05) is 17.4 Å². The molecule has 0 aliphatic heterocycles. The molecule has 146 valence electrons. The summed E-state index contributed by atoms with van der Waals surface area (Å²) >= 11 is 0.853. The van der Waals surface area contributed by atoms with Crippen LogP contribution in [0.2, 0.25) is 0 Å². The molecule has 1 aromatic carbocycles. The molecule has 3 rings (SSSR count). The zero-order valence-electron chi connectivity index (χ0n) is 15.0. The van der Waals surface area contributed by atoms with Crippen LogP contribution in [-0.4, -0.2) is 38.1 Å². The largest absolute Gasteiger partial charge is 0.497 e. The maximum atomic E-state index is 12.5. The Morgan fingerprint density at radius 1 is 1.44 bits per heavy atom. The van der Waals surface area contributed by atoms with E-state index < -0.39 is 15.6 Å². The highest BCUT2D eigenvalue weighted by Crippen LogP contribution is 2.37. The van der Waals surface area contributed by atoms with Crippen molar-refractivity contribution < 1.29 is 23.1 Å². The van der Waals surface area contributed by atoms with Crippen LogP contribution in [0.4, 0.5) is 5.13 Å². The molecule has 1 aromatic heterocycles. The number of thiazole rings is 1. The molecule has 0 saturated carbocycles. The number of nitrogens with one attached hydrogen (secondary N) is 2. The Hall–Kier alpha value is -2.01. The van der Waals surface area contributed by atoms with E-state index in [0.717, 1.165) is 29.7 Å². The summed E-state index contributed by atoms with van der Waals surface area (Å²) in [5.41, 5.74) is 0.367. The van der Waals surface area contributed by atoms with E-state index in [9.17, 15) is 18.3 Å². The molecule has 1 atom stereocenters. The first-order valence-electron chi connectivity index (χ1n) is 8.36. The number of carbonyl (C=O) groups is 1. The molecule has 10 heteroatoms. The number of aryl methyl sites for hydroxylation is 1. The van der Waals surface area contributed by atoms with Crippen LogP contribution in [0.3, 0.4) is 0 Å². The van der Waals surface area contributed by atoms with E-state index in [2.05, 4.69) is 15.0 Å². The van der Waals surface area contributed by atoms with Crippen molar-refractivity contribution in [3.63, 3.8) is 0 Å². The van der Waals surface area contributed by atoms with E-state index in [1.807, 2.05) is 6.07 Å². The van der Waals surface area contributed by atoms with Crippen molar-refractivity contribution in [1.29, 1.82) is 0 Å². The van der Waals surface area contributed by atoms with Crippen LogP contribution in [0.5, 0.6) is 5.75 Å². The second-order valence-electron chi connectivity index (χ2n) is 6.40. The van der Waals surface area contributed by atoms with Crippen LogP contribution in [0.1, 0.15) is 30.9 Å². The Labute approximate surface area is 161 Å². The zero-order valence-corrected chi connectivity index (χ0v) is 16.6. The van der Waals surface area contributed by atoms with Gasteiger partial charge >= 0.3 is 0 Å². The molecule has 27 heavy (non-hydrogen) atoms. The number of methoxy groups -OCH3 is 1. The number of amides is 1. The maximum absolute atomic E-state index is 12.5. The number of rotatable bonds is 6. The maximum Gasteiger partial charge on any atom is 0.251 e. The Balaban J connectivity index is 1.78. The van der Waals surface area contributed by atoms with E-state index in [1.54, 1.807) is 19.2 Å². The predicted octanol–water partition coefficient (Wildman–Crippen LogP) is 1.61. The minimum absolute atomic E-state index is 0.0272. The number of sulfonamides is 1. The molecule has 8 nitrogen and oxygen atoms in total. The number of ether oxygens (including phenoxy) is 1. The molecule has 1 aliphatic rings. The first-order valence-corrected chi connectivity index (χ1v) is 10.7. The Bertz CT molecular complexity index is 957. The number of nitrogens with zero attached hydrogens (tertiary/aromatic N) is 1. The van der Waals surface area contributed by atoms with Crippen molar-refractivity contribution in [3.05, 3.63) is 35.5 Å². The Kier molecular flexibility index (Phi) is 5.52. The van der Waals surface area contributed by atoms with E-state index in [-0.39, 0.29) is 21.8 Å². The van der Waals surface area contributed by atoms with Gasteiger partial charge in [-0.2, -0.15) is 0 Å². The number of hydrogen-bond donors (Lipinski definition) is 3. The number of benzene rings is 1. The smallest absolute Gasteiger partial charge is 0.251 e. The molecule has 0 fully saturated rings. The lowest BCUT2D eigenvalue weighted by molar-refractivity contribution is -0.114. The van der Waals surface area contributed by atoms with Crippen molar-refractivity contribution in [2.24, 2.45) is 0 Å². The van der Waals surface area contributed by atoms with E-state index in [0.29, 0.717) is 17.7 Å². The third kappa shape index (κ3) is 4.29. The summed E-state index contributed by atoms with van der Waals surface area (Å²) in [6, 6.07) is 5.41. The van der Waals surface area contributed by atoms with Crippen LogP contribution in [0.25, 0.3) is 0 Å². The van der Waals surface area contributed by atoms with Gasteiger partial charge in [-0.05, 0) is 42.5 Å². The van der Waals surface area contributed by atoms with Gasteiger partial charge in [-0.3, -0.25) is 4.79 Å². The fourth-order valence-electron chi connectivity index (χ4n) is 3.12. The Morgan fingerprint density at radius 2 is 2.22 bits per heavy atom. The molecule has 1 unspecified atom stereocenters. The van der Waals surface area contributed by atoms with Gasteiger partial charge in [0.05, 0.1) is 13.3 Å². The van der Waals surface area contributed by atoms with Crippen molar-refractivity contribution in [3.8, 4) is 5.75 Å². The van der Waals surface area contributed by atoms with Gasteiger partial charge in [0, 0.05) is 13.5 Å². The van der Waals surface area contributed by atoms with Crippen molar-refractivity contribution >= 4 is 32.4 Å². The molecule has 0 radical (unpaired) electrons. The standard InChI is InChI=1S/C17H21N3O5S2/c1-11(21)20-16-18-9-15(26-16)27(23,24)19-10-17(22)7-3-4-12-8-13(25-2)5-6-14(12)17/h5-6,8-9,19,22H,3-4,7,10H2,1-2H3,(H,18,20,21). The lowest BCUT2D eigenvalue weighted by atomic mass is 9.79. The summed E-state index contributed by atoms with van der Waals surface area (Å²) in [7, 11) is -2.28. The third-order valence-electron chi connectivity index (χ3n) is 4.44. The van der Waals surface area contributed by atoms with E-state index in [4.69, 9.17) is 4.74 Å². The fraction of sp³-hybridized carbons (Fsp3) is 0.412. The quantitative estimate of drug-likeness (QED) is 0.665. The summed E-state index contributed by atoms with van der Waals surface area (Å²) in [5, 5.41) is 13.7. The van der Waals surface area contributed by atoms with Gasteiger partial charge in [0.2, 0.25) is 5.91 Å². The van der Waals surface area contributed by atoms with Gasteiger partial charge in [0.1, 0.15) is 11.4 Å². The number of carbonyl (C=O) groups excluding carboxylic acids is 1. The van der Waals surface area contributed by atoms with Gasteiger partial charge in [0.15, 0.2) is 9.34 Å². The van der Waals surface area contributed by atoms with Crippen LogP contribution in [0.15, 0.2) is 28.6 Å². The SMILES string of the molecule is COc1ccc2c(c1)CCCC2(O)CNS(=O)(=O)c1cnc(NC(C)=O)s1. The molecule has 1 aliphatic carbocycles. The van der Waals surface area contributed by atoms with Gasteiger partial charge in [-0.15, -0.1) is 0 Å². The van der Waals surface area contributed by atoms with Crippen LogP contribution in [0, 0.1) is 0 Å². The van der Waals surface area contributed by atoms with Crippen molar-refractivity contribution in [2.75, 3.05) is 19.0 Å². The lowest BCUT2D eigenvalue weighted by Crippen LogP contribution is -2.42. The number of anilines is 1. The average Bonchev–Trinajstić information content (AvgIpc) is 3.09. The topological polar surface area (TPSA) is 118 Å². The van der Waals surface area contributed by atoms with Crippen molar-refractivity contribution in [1.82, 2.24) is 9.71 Å². The highest BCUT2D eigenvalue weighted by molar-refractivity contribution is 7.91. The predicted molar refractivity (Wildman–Crippen MR) is 101 cm³/mol. The van der Waals surface area contributed by atoms with Gasteiger partial charge in [0.25, 0.3) is 10.0 Å². The second-order valence-corrected chi connectivity index (χ2v) is 9.42. The summed E-state index contributed by atoms with van der Waals surface area (Å²) in [5.74, 6) is 0.374. The molecule has 0 saturated heterocycles. The van der Waals surface area contributed by atoms with E-state index >= 15 is 0 Å². The van der Waals surface area contributed by atoms with E-state index in [1.165, 1.54) is 13.1 Å².